The number of nitrogens with zero attached hydrogens (tertiary/aromatic N) is 2. The molecule has 3 N–H and O–H groups in total. The summed E-state index contributed by atoms with van der Waals surface area (Å²) in [6, 6.07) is 4.01. The third-order valence-corrected chi connectivity index (χ3v) is 4.77. The standard InChI is InChI=1S/C15H22N4O/c1-11-12(3-2-7-17-11)5-8-18-14(20)19-9-13-4-6-15(13,16)10-19/h2-3,7,13H,4-6,8-10,16H2,1H3,(H,18,20)/t13-,15-/m0/s1. The fourth-order valence-corrected chi connectivity index (χ4v) is 3.24. The van der Waals surface area contributed by atoms with Crippen LogP contribution in [0.1, 0.15) is 24.1 Å². The molecule has 1 aliphatic heterocycles. The normalized spacial score (nSPS) is 27.9. The number of nitrogens with two attached hydrogens (primary N) is 1. The number of carbonyl (C=O) groups is 1. The Balaban J connectivity index is 1.47. The van der Waals surface area contributed by atoms with E-state index >= 15 is 0 Å². The summed E-state index contributed by atoms with van der Waals surface area (Å²) in [7, 11) is 0. The molecule has 0 radical (unpaired) electrons. The van der Waals surface area contributed by atoms with Crippen molar-refractivity contribution in [3.8, 4) is 0 Å². The summed E-state index contributed by atoms with van der Waals surface area (Å²) in [5, 5.41) is 2.99. The molecule has 3 rings (SSSR count). The van der Waals surface area contributed by atoms with E-state index < -0.39 is 0 Å². The highest BCUT2D eigenvalue weighted by Gasteiger charge is 2.51. The molecule has 0 unspecified atom stereocenters. The average molecular weight is 274 g/mol. The van der Waals surface area contributed by atoms with Gasteiger partial charge in [0, 0.05) is 37.1 Å². The first-order valence-corrected chi connectivity index (χ1v) is 7.31. The summed E-state index contributed by atoms with van der Waals surface area (Å²) in [5.41, 5.74) is 8.36. The summed E-state index contributed by atoms with van der Waals surface area (Å²) < 4.78 is 0. The van der Waals surface area contributed by atoms with Crippen LogP contribution < -0.4 is 11.1 Å². The highest BCUT2D eigenvalue weighted by Crippen LogP contribution is 2.42. The van der Waals surface area contributed by atoms with Crippen LogP contribution >= 0.6 is 0 Å². The summed E-state index contributed by atoms with van der Waals surface area (Å²) >= 11 is 0. The second kappa shape index (κ2) is 5.05. The van der Waals surface area contributed by atoms with Crippen molar-refractivity contribution >= 4 is 6.03 Å². The van der Waals surface area contributed by atoms with Gasteiger partial charge in [-0.05, 0) is 43.7 Å². The van der Waals surface area contributed by atoms with E-state index in [1.54, 1.807) is 6.20 Å². The highest BCUT2D eigenvalue weighted by atomic mass is 16.2. The first kappa shape index (κ1) is 13.4. The monoisotopic (exact) mass is 274 g/mol. The Morgan fingerprint density at radius 1 is 1.65 bits per heavy atom. The molecule has 0 aromatic carbocycles. The van der Waals surface area contributed by atoms with Gasteiger partial charge in [0.05, 0.1) is 0 Å². The number of urea groups is 1. The zero-order valence-electron chi connectivity index (χ0n) is 11.9. The van der Waals surface area contributed by atoms with Crippen molar-refractivity contribution in [1.29, 1.82) is 0 Å². The predicted molar refractivity (Wildman–Crippen MR) is 77.3 cm³/mol. The highest BCUT2D eigenvalue weighted by molar-refractivity contribution is 5.75. The number of rotatable bonds is 3. The first-order valence-electron chi connectivity index (χ1n) is 7.31. The van der Waals surface area contributed by atoms with Crippen LogP contribution in [-0.4, -0.2) is 41.1 Å². The molecule has 2 atom stereocenters. The lowest BCUT2D eigenvalue weighted by atomic mass is 9.70. The largest absolute Gasteiger partial charge is 0.338 e. The Bertz CT molecular complexity index is 518. The number of likely N-dealkylation sites (tertiary alicyclic amines) is 1. The smallest absolute Gasteiger partial charge is 0.317 e. The Morgan fingerprint density at radius 3 is 3.10 bits per heavy atom. The molecule has 108 valence electrons. The van der Waals surface area contributed by atoms with E-state index in [1.165, 1.54) is 5.56 Å². The molecular formula is C15H22N4O. The van der Waals surface area contributed by atoms with Gasteiger partial charge in [0.15, 0.2) is 0 Å². The molecule has 2 heterocycles. The summed E-state index contributed by atoms with van der Waals surface area (Å²) in [5.74, 6) is 0.508. The third kappa shape index (κ3) is 2.38. The van der Waals surface area contributed by atoms with Crippen LogP contribution in [0.2, 0.25) is 0 Å². The lowest BCUT2D eigenvalue weighted by molar-refractivity contribution is 0.187. The molecule has 0 spiro atoms. The number of nitrogens with one attached hydrogen (secondary N) is 1. The Labute approximate surface area is 119 Å². The van der Waals surface area contributed by atoms with Crippen LogP contribution in [0.25, 0.3) is 0 Å². The van der Waals surface area contributed by atoms with Crippen LogP contribution in [0.15, 0.2) is 18.3 Å². The SMILES string of the molecule is Cc1ncccc1CCNC(=O)N1C[C@@H]2CC[C@]2(N)C1. The summed E-state index contributed by atoms with van der Waals surface area (Å²) in [6.45, 7) is 4.15. The molecule has 2 fully saturated rings. The minimum Gasteiger partial charge on any atom is -0.338 e. The van der Waals surface area contributed by atoms with Gasteiger partial charge in [0.25, 0.3) is 0 Å². The van der Waals surface area contributed by atoms with E-state index in [-0.39, 0.29) is 11.6 Å². The van der Waals surface area contributed by atoms with E-state index in [4.69, 9.17) is 5.73 Å². The minimum absolute atomic E-state index is 0.0192. The molecule has 20 heavy (non-hydrogen) atoms. The first-order chi connectivity index (χ1) is 9.58. The van der Waals surface area contributed by atoms with Crippen LogP contribution in [0.4, 0.5) is 4.79 Å². The second-order valence-electron chi connectivity index (χ2n) is 6.08. The van der Waals surface area contributed by atoms with Gasteiger partial charge in [-0.15, -0.1) is 0 Å². The van der Waals surface area contributed by atoms with Crippen molar-refractivity contribution in [2.45, 2.75) is 31.7 Å². The molecule has 1 aromatic rings. The van der Waals surface area contributed by atoms with Gasteiger partial charge in [-0.25, -0.2) is 4.79 Å². The van der Waals surface area contributed by atoms with Crippen molar-refractivity contribution in [1.82, 2.24) is 15.2 Å². The Hall–Kier alpha value is -1.62. The van der Waals surface area contributed by atoms with Crippen LogP contribution in [0.5, 0.6) is 0 Å². The predicted octanol–water partition coefficient (Wildman–Crippen LogP) is 1.07. The number of pyridine rings is 1. The average Bonchev–Trinajstić information content (AvgIpc) is 2.65. The van der Waals surface area contributed by atoms with E-state index in [0.717, 1.165) is 31.5 Å². The van der Waals surface area contributed by atoms with Crippen molar-refractivity contribution in [3.63, 3.8) is 0 Å². The lowest BCUT2D eigenvalue weighted by Crippen LogP contribution is -2.55. The zero-order chi connectivity index (χ0) is 14.2. The zero-order valence-corrected chi connectivity index (χ0v) is 11.9. The number of hydrogen-bond acceptors (Lipinski definition) is 3. The molecule has 1 saturated carbocycles. The summed E-state index contributed by atoms with van der Waals surface area (Å²) in [4.78, 5) is 18.2. The lowest BCUT2D eigenvalue weighted by Gasteiger charge is -2.39. The van der Waals surface area contributed by atoms with Crippen LogP contribution in [0.3, 0.4) is 0 Å². The number of aryl methyl sites for hydroxylation is 1. The molecule has 1 saturated heterocycles. The van der Waals surface area contributed by atoms with Gasteiger partial charge in [0.2, 0.25) is 0 Å². The van der Waals surface area contributed by atoms with Crippen molar-refractivity contribution in [3.05, 3.63) is 29.6 Å². The quantitative estimate of drug-likeness (QED) is 0.866. The molecule has 1 aliphatic carbocycles. The van der Waals surface area contributed by atoms with Gasteiger partial charge in [0.1, 0.15) is 0 Å². The molecule has 2 aliphatic rings. The molecule has 0 bridgehead atoms. The number of amides is 2. The molecule has 5 nitrogen and oxygen atoms in total. The Morgan fingerprint density at radius 2 is 2.50 bits per heavy atom. The fraction of sp³-hybridized carbons (Fsp3) is 0.600. The van der Waals surface area contributed by atoms with Gasteiger partial charge in [-0.3, -0.25) is 4.98 Å². The van der Waals surface area contributed by atoms with E-state index in [0.29, 0.717) is 19.0 Å². The van der Waals surface area contributed by atoms with Gasteiger partial charge in [-0.2, -0.15) is 0 Å². The second-order valence-corrected chi connectivity index (χ2v) is 6.08. The molecule has 1 aromatic heterocycles. The van der Waals surface area contributed by atoms with Crippen molar-refractivity contribution in [2.75, 3.05) is 19.6 Å². The third-order valence-electron chi connectivity index (χ3n) is 4.77. The molecule has 5 heteroatoms. The Kier molecular flexibility index (Phi) is 3.38. The van der Waals surface area contributed by atoms with E-state index in [2.05, 4.69) is 16.4 Å². The van der Waals surface area contributed by atoms with Gasteiger partial charge >= 0.3 is 6.03 Å². The van der Waals surface area contributed by atoms with Crippen molar-refractivity contribution in [2.24, 2.45) is 11.7 Å². The van der Waals surface area contributed by atoms with Crippen molar-refractivity contribution < 1.29 is 4.79 Å². The topological polar surface area (TPSA) is 71.2 Å². The molecular weight excluding hydrogens is 252 g/mol. The fourth-order valence-electron chi connectivity index (χ4n) is 3.24. The number of carbonyl (C=O) groups excluding carboxylic acids is 1. The van der Waals surface area contributed by atoms with Crippen LogP contribution in [-0.2, 0) is 6.42 Å². The maximum atomic E-state index is 12.1. The van der Waals surface area contributed by atoms with E-state index in [9.17, 15) is 4.79 Å². The maximum absolute atomic E-state index is 12.1. The van der Waals surface area contributed by atoms with E-state index in [1.807, 2.05) is 17.9 Å². The van der Waals surface area contributed by atoms with Gasteiger partial charge in [-0.1, -0.05) is 6.07 Å². The minimum atomic E-state index is -0.0999. The number of aromatic nitrogens is 1. The van der Waals surface area contributed by atoms with Gasteiger partial charge < -0.3 is 16.0 Å². The number of hydrogen-bond donors (Lipinski definition) is 2. The molecule has 2 amide bonds. The summed E-state index contributed by atoms with van der Waals surface area (Å²) in [6.07, 6.45) is 4.82. The number of fused-ring (bicyclic) bond motifs is 1. The maximum Gasteiger partial charge on any atom is 0.317 e. The van der Waals surface area contributed by atoms with Crippen LogP contribution in [0, 0.1) is 12.8 Å².